The Bertz CT molecular complexity index is 149. The van der Waals surface area contributed by atoms with Crippen molar-refractivity contribution in [3.8, 4) is 0 Å². The minimum Gasteiger partial charge on any atom is -0.146 e. The first kappa shape index (κ1) is 13.1. The van der Waals surface area contributed by atoms with Crippen LogP contribution in [-0.2, 0) is 0 Å². The van der Waals surface area contributed by atoms with Crippen LogP contribution in [-0.4, -0.2) is 0 Å². The molecule has 0 saturated heterocycles. The summed E-state index contributed by atoms with van der Waals surface area (Å²) < 4.78 is 0. The largest absolute Gasteiger partial charge is 0.146 e. The van der Waals surface area contributed by atoms with Crippen molar-refractivity contribution >= 4 is 11.3 Å². The van der Waals surface area contributed by atoms with Gasteiger partial charge in [-0.2, -0.15) is 0 Å². The van der Waals surface area contributed by atoms with Gasteiger partial charge in [-0.1, -0.05) is 13.8 Å². The van der Waals surface area contributed by atoms with Gasteiger partial charge < -0.3 is 0 Å². The fourth-order valence-electron chi connectivity index (χ4n) is 0.557. The third-order valence-corrected chi connectivity index (χ3v) is 1.79. The zero-order valence-electron chi connectivity index (χ0n) is 7.98. The summed E-state index contributed by atoms with van der Waals surface area (Å²) in [5, 5.41) is 0. The molecule has 1 aromatic heterocycles. The lowest BCUT2D eigenvalue weighted by Crippen LogP contribution is -1.44. The molecule has 11 heavy (non-hydrogen) atoms. The third-order valence-electron chi connectivity index (χ3n) is 0.875. The highest BCUT2D eigenvalue weighted by Crippen LogP contribution is 2.11. The molecule has 1 aromatic rings. The number of rotatable bonds is 0. The van der Waals surface area contributed by atoms with E-state index >= 15 is 0 Å². The van der Waals surface area contributed by atoms with Crippen LogP contribution in [0.15, 0.2) is 25.3 Å². The zero-order valence-corrected chi connectivity index (χ0v) is 8.79. The van der Waals surface area contributed by atoms with Crippen molar-refractivity contribution in [3.63, 3.8) is 0 Å². The second kappa shape index (κ2) is 9.44. The molecular weight excluding hydrogens is 152 g/mol. The highest BCUT2D eigenvalue weighted by Gasteiger charge is 1.84. The van der Waals surface area contributed by atoms with Gasteiger partial charge in [0.05, 0.1) is 0 Å². The molecule has 0 bridgehead atoms. The molecule has 0 aromatic carbocycles. The van der Waals surface area contributed by atoms with E-state index in [1.54, 1.807) is 0 Å². The predicted molar refractivity (Wildman–Crippen MR) is 56.4 cm³/mol. The van der Waals surface area contributed by atoms with Crippen LogP contribution in [0.3, 0.4) is 0 Å². The summed E-state index contributed by atoms with van der Waals surface area (Å²) in [7, 11) is 0. The number of hydrogen-bond donors (Lipinski definition) is 0. The van der Waals surface area contributed by atoms with Gasteiger partial charge in [0.2, 0.25) is 0 Å². The van der Waals surface area contributed by atoms with E-state index in [4.69, 9.17) is 0 Å². The molecule has 1 rings (SSSR count). The molecule has 0 aliphatic carbocycles. The van der Waals surface area contributed by atoms with E-state index in [-0.39, 0.29) is 0 Å². The van der Waals surface area contributed by atoms with Crippen molar-refractivity contribution in [3.05, 3.63) is 35.0 Å². The predicted octanol–water partition coefficient (Wildman–Crippen LogP) is 4.19. The molecule has 1 heteroatoms. The molecule has 0 spiro atoms. The number of hydrogen-bond acceptors (Lipinski definition) is 1. The van der Waals surface area contributed by atoms with Crippen molar-refractivity contribution < 1.29 is 0 Å². The maximum atomic E-state index is 3.00. The summed E-state index contributed by atoms with van der Waals surface area (Å²) in [5.41, 5.74) is 0. The summed E-state index contributed by atoms with van der Waals surface area (Å²) in [6, 6.07) is 4.28. The molecular formula is C10H18S. The van der Waals surface area contributed by atoms with Crippen LogP contribution in [0.1, 0.15) is 23.6 Å². The van der Waals surface area contributed by atoms with E-state index in [9.17, 15) is 0 Å². The Labute approximate surface area is 74.6 Å². The summed E-state index contributed by atoms with van der Waals surface area (Å²) >= 11 is 1.84. The number of thiophene rings is 1. The molecule has 0 amide bonds. The Hall–Kier alpha value is -0.560. The van der Waals surface area contributed by atoms with Crippen LogP contribution in [0.4, 0.5) is 0 Å². The first-order chi connectivity index (χ1) is 5.29. The Kier molecular flexibility index (Phi) is 11.2. The van der Waals surface area contributed by atoms with Crippen LogP contribution >= 0.6 is 11.3 Å². The maximum absolute atomic E-state index is 3.00. The lowest BCUT2D eigenvalue weighted by Gasteiger charge is -1.71. The molecule has 64 valence electrons. The maximum Gasteiger partial charge on any atom is 0.00170 e. The van der Waals surface area contributed by atoms with Gasteiger partial charge >= 0.3 is 0 Å². The SMILES string of the molecule is C=C.CC.Cc1ccc(C)s1. The van der Waals surface area contributed by atoms with E-state index < -0.39 is 0 Å². The smallest absolute Gasteiger partial charge is 0.00170 e. The molecule has 0 nitrogen and oxygen atoms in total. The lowest BCUT2D eigenvalue weighted by atomic mass is 10.5. The Morgan fingerprint density at radius 2 is 1.27 bits per heavy atom. The van der Waals surface area contributed by atoms with Gasteiger partial charge in [-0.3, -0.25) is 0 Å². The van der Waals surface area contributed by atoms with E-state index in [1.807, 2.05) is 25.2 Å². The molecule has 1 heterocycles. The Morgan fingerprint density at radius 1 is 1.00 bits per heavy atom. The van der Waals surface area contributed by atoms with Gasteiger partial charge in [0.25, 0.3) is 0 Å². The van der Waals surface area contributed by atoms with Crippen LogP contribution in [0.5, 0.6) is 0 Å². The van der Waals surface area contributed by atoms with Crippen molar-refractivity contribution in [2.24, 2.45) is 0 Å². The molecule has 0 unspecified atom stereocenters. The monoisotopic (exact) mass is 170 g/mol. The van der Waals surface area contributed by atoms with E-state index in [1.165, 1.54) is 9.75 Å². The fraction of sp³-hybridized carbons (Fsp3) is 0.400. The normalized spacial score (nSPS) is 6.91. The van der Waals surface area contributed by atoms with Crippen LogP contribution in [0.25, 0.3) is 0 Å². The lowest BCUT2D eigenvalue weighted by molar-refractivity contribution is 1.50. The van der Waals surface area contributed by atoms with Gasteiger partial charge in [0.1, 0.15) is 0 Å². The van der Waals surface area contributed by atoms with Crippen LogP contribution in [0, 0.1) is 13.8 Å². The summed E-state index contributed by atoms with van der Waals surface area (Å²) in [4.78, 5) is 2.80. The minimum atomic E-state index is 1.40. The second-order valence-corrected chi connectivity index (χ2v) is 3.15. The average Bonchev–Trinajstić information content (AvgIpc) is 2.43. The highest BCUT2D eigenvalue weighted by atomic mass is 32.1. The molecule has 0 N–H and O–H groups in total. The minimum absolute atomic E-state index is 1.40. The molecule has 0 atom stereocenters. The standard InChI is InChI=1S/C6H8S.C2H6.C2H4/c1-5-3-4-6(2)7-5;2*1-2/h3-4H,1-2H3;1-2H3;1-2H2. The molecule has 0 aliphatic heterocycles. The summed E-state index contributed by atoms with van der Waals surface area (Å²) in [5.74, 6) is 0. The topological polar surface area (TPSA) is 0 Å². The van der Waals surface area contributed by atoms with Gasteiger partial charge in [-0.05, 0) is 26.0 Å². The van der Waals surface area contributed by atoms with E-state index in [0.29, 0.717) is 0 Å². The van der Waals surface area contributed by atoms with E-state index in [2.05, 4.69) is 39.1 Å². The Morgan fingerprint density at radius 3 is 1.36 bits per heavy atom. The van der Waals surface area contributed by atoms with Crippen LogP contribution in [0.2, 0.25) is 0 Å². The summed E-state index contributed by atoms with van der Waals surface area (Å²) in [6.45, 7) is 14.2. The number of aryl methyl sites for hydroxylation is 2. The Balaban J connectivity index is 0. The first-order valence-electron chi connectivity index (χ1n) is 3.82. The second-order valence-electron chi connectivity index (χ2n) is 1.66. The molecule has 0 radical (unpaired) electrons. The van der Waals surface area contributed by atoms with Crippen molar-refractivity contribution in [1.29, 1.82) is 0 Å². The van der Waals surface area contributed by atoms with E-state index in [0.717, 1.165) is 0 Å². The third kappa shape index (κ3) is 7.34. The van der Waals surface area contributed by atoms with Crippen molar-refractivity contribution in [2.45, 2.75) is 27.7 Å². The molecule has 0 fully saturated rings. The van der Waals surface area contributed by atoms with Gasteiger partial charge in [0.15, 0.2) is 0 Å². The van der Waals surface area contributed by atoms with Gasteiger partial charge in [0, 0.05) is 9.75 Å². The highest BCUT2D eigenvalue weighted by molar-refractivity contribution is 7.11. The summed E-state index contributed by atoms with van der Waals surface area (Å²) in [6.07, 6.45) is 0. The fourth-order valence-corrected chi connectivity index (χ4v) is 1.34. The quantitative estimate of drug-likeness (QED) is 0.512. The first-order valence-corrected chi connectivity index (χ1v) is 4.64. The zero-order chi connectivity index (χ0) is 9.28. The molecule has 0 saturated carbocycles. The van der Waals surface area contributed by atoms with Gasteiger partial charge in [-0.25, -0.2) is 0 Å². The van der Waals surface area contributed by atoms with Gasteiger partial charge in [-0.15, -0.1) is 24.5 Å². The van der Waals surface area contributed by atoms with Crippen molar-refractivity contribution in [1.82, 2.24) is 0 Å². The average molecular weight is 170 g/mol. The molecule has 0 aliphatic rings. The van der Waals surface area contributed by atoms with Crippen molar-refractivity contribution in [2.75, 3.05) is 0 Å². The van der Waals surface area contributed by atoms with Crippen LogP contribution < -0.4 is 0 Å².